The molecule has 156 valence electrons. The standard InChI is InChI=1S/C22H23N3O4S/c1-16(2)17-5-9-20(10-6-17)29-15-22(26)24-18-7-11-21(12-8-18)30(27,28)25-19-4-3-13-23-14-19/h3-14,16,25H,15H2,1-2H3,(H,24,26). The van der Waals surface area contributed by atoms with Crippen LogP contribution in [0.2, 0.25) is 0 Å². The second-order valence-corrected chi connectivity index (χ2v) is 8.61. The van der Waals surface area contributed by atoms with Crippen molar-refractivity contribution < 1.29 is 17.9 Å². The summed E-state index contributed by atoms with van der Waals surface area (Å²) in [6.45, 7) is 4.06. The molecule has 0 aliphatic heterocycles. The predicted molar refractivity (Wildman–Crippen MR) is 116 cm³/mol. The fraction of sp³-hybridized carbons (Fsp3) is 0.182. The number of rotatable bonds is 8. The van der Waals surface area contributed by atoms with Crippen molar-refractivity contribution >= 4 is 27.3 Å². The first-order valence-corrected chi connectivity index (χ1v) is 10.9. The lowest BCUT2D eigenvalue weighted by Crippen LogP contribution is -2.20. The van der Waals surface area contributed by atoms with Crippen LogP contribution in [-0.4, -0.2) is 25.9 Å². The molecule has 1 amide bonds. The molecule has 3 aromatic rings. The number of amides is 1. The zero-order valence-electron chi connectivity index (χ0n) is 16.7. The Kier molecular flexibility index (Phi) is 6.68. The quantitative estimate of drug-likeness (QED) is 0.568. The molecule has 3 rings (SSSR count). The monoisotopic (exact) mass is 425 g/mol. The first kappa shape index (κ1) is 21.3. The number of aromatic nitrogens is 1. The molecular formula is C22H23N3O4S. The van der Waals surface area contributed by atoms with Gasteiger partial charge in [0.1, 0.15) is 5.75 Å². The summed E-state index contributed by atoms with van der Waals surface area (Å²) >= 11 is 0. The number of anilines is 2. The van der Waals surface area contributed by atoms with Gasteiger partial charge < -0.3 is 10.1 Å². The number of hydrogen-bond donors (Lipinski definition) is 2. The van der Waals surface area contributed by atoms with Gasteiger partial charge in [-0.2, -0.15) is 0 Å². The molecule has 0 spiro atoms. The van der Waals surface area contributed by atoms with Gasteiger partial charge in [0.15, 0.2) is 6.61 Å². The van der Waals surface area contributed by atoms with E-state index in [1.54, 1.807) is 18.3 Å². The summed E-state index contributed by atoms with van der Waals surface area (Å²) in [6.07, 6.45) is 2.97. The van der Waals surface area contributed by atoms with Crippen molar-refractivity contribution in [1.29, 1.82) is 0 Å². The summed E-state index contributed by atoms with van der Waals surface area (Å²) < 4.78 is 32.8. The topological polar surface area (TPSA) is 97.4 Å². The summed E-state index contributed by atoms with van der Waals surface area (Å²) in [5.74, 6) is 0.693. The largest absolute Gasteiger partial charge is 0.484 e. The van der Waals surface area contributed by atoms with E-state index in [9.17, 15) is 13.2 Å². The zero-order valence-corrected chi connectivity index (χ0v) is 17.5. The normalized spacial score (nSPS) is 11.2. The highest BCUT2D eigenvalue weighted by atomic mass is 32.2. The van der Waals surface area contributed by atoms with Crippen LogP contribution in [0.1, 0.15) is 25.3 Å². The first-order chi connectivity index (χ1) is 14.3. The molecule has 7 nitrogen and oxygen atoms in total. The van der Waals surface area contributed by atoms with E-state index in [-0.39, 0.29) is 17.4 Å². The molecule has 8 heteroatoms. The van der Waals surface area contributed by atoms with Crippen LogP contribution in [0.4, 0.5) is 11.4 Å². The number of sulfonamides is 1. The van der Waals surface area contributed by atoms with Crippen molar-refractivity contribution in [3.63, 3.8) is 0 Å². The van der Waals surface area contributed by atoms with E-state index in [0.717, 1.165) is 0 Å². The Balaban J connectivity index is 1.55. The van der Waals surface area contributed by atoms with Gasteiger partial charge in [0, 0.05) is 11.9 Å². The summed E-state index contributed by atoms with van der Waals surface area (Å²) in [7, 11) is -3.74. The van der Waals surface area contributed by atoms with E-state index in [0.29, 0.717) is 23.0 Å². The Bertz CT molecular complexity index is 1080. The van der Waals surface area contributed by atoms with E-state index in [4.69, 9.17) is 4.74 Å². The van der Waals surface area contributed by atoms with E-state index in [1.807, 2.05) is 24.3 Å². The van der Waals surface area contributed by atoms with E-state index >= 15 is 0 Å². The van der Waals surface area contributed by atoms with E-state index < -0.39 is 10.0 Å². The van der Waals surface area contributed by atoms with Crippen LogP contribution in [0.15, 0.2) is 78.0 Å². The van der Waals surface area contributed by atoms with Crippen LogP contribution < -0.4 is 14.8 Å². The number of nitrogens with one attached hydrogen (secondary N) is 2. The molecule has 0 saturated carbocycles. The summed E-state index contributed by atoms with van der Waals surface area (Å²) in [5.41, 5.74) is 2.03. The van der Waals surface area contributed by atoms with Gasteiger partial charge in [-0.1, -0.05) is 26.0 Å². The van der Waals surface area contributed by atoms with E-state index in [2.05, 4.69) is 28.9 Å². The van der Waals surface area contributed by atoms with E-state index in [1.165, 1.54) is 36.0 Å². The molecule has 0 unspecified atom stereocenters. The van der Waals surface area contributed by atoms with Crippen molar-refractivity contribution in [2.24, 2.45) is 0 Å². The van der Waals surface area contributed by atoms with Crippen molar-refractivity contribution in [2.45, 2.75) is 24.7 Å². The number of pyridine rings is 1. The zero-order chi connectivity index (χ0) is 21.6. The van der Waals surface area contributed by atoms with Crippen molar-refractivity contribution in [1.82, 2.24) is 4.98 Å². The van der Waals surface area contributed by atoms with Crippen LogP contribution in [0, 0.1) is 0 Å². The Morgan fingerprint density at radius 3 is 2.30 bits per heavy atom. The Labute approximate surface area is 176 Å². The minimum Gasteiger partial charge on any atom is -0.484 e. The Morgan fingerprint density at radius 1 is 1.00 bits per heavy atom. The minimum absolute atomic E-state index is 0.0749. The number of ether oxygens (including phenoxy) is 1. The molecular weight excluding hydrogens is 402 g/mol. The maximum Gasteiger partial charge on any atom is 0.262 e. The summed E-state index contributed by atoms with van der Waals surface area (Å²) in [5, 5.41) is 2.68. The lowest BCUT2D eigenvalue weighted by Gasteiger charge is -2.10. The molecule has 0 fully saturated rings. The average molecular weight is 426 g/mol. The highest BCUT2D eigenvalue weighted by Crippen LogP contribution is 2.19. The van der Waals surface area contributed by atoms with Crippen LogP contribution >= 0.6 is 0 Å². The third-order valence-corrected chi connectivity index (χ3v) is 5.68. The van der Waals surface area contributed by atoms with Gasteiger partial charge in [-0.3, -0.25) is 14.5 Å². The molecule has 2 N–H and O–H groups in total. The van der Waals surface area contributed by atoms with Crippen molar-refractivity contribution in [3.05, 3.63) is 78.6 Å². The molecule has 0 radical (unpaired) electrons. The second kappa shape index (κ2) is 9.41. The molecule has 0 aliphatic carbocycles. The third-order valence-electron chi connectivity index (χ3n) is 4.28. The SMILES string of the molecule is CC(C)c1ccc(OCC(=O)Nc2ccc(S(=O)(=O)Nc3cccnc3)cc2)cc1. The molecule has 0 bridgehead atoms. The number of carbonyl (C=O) groups excluding carboxylic acids is 1. The number of carbonyl (C=O) groups is 1. The third kappa shape index (κ3) is 5.81. The molecule has 0 saturated heterocycles. The molecule has 1 heterocycles. The van der Waals surface area contributed by atoms with Crippen LogP contribution in [0.25, 0.3) is 0 Å². The Hall–Kier alpha value is -3.39. The maximum absolute atomic E-state index is 12.4. The van der Waals surface area contributed by atoms with Gasteiger partial charge in [-0.25, -0.2) is 8.42 Å². The number of hydrogen-bond acceptors (Lipinski definition) is 5. The maximum atomic E-state index is 12.4. The van der Waals surface area contributed by atoms with Crippen molar-refractivity contribution in [3.8, 4) is 5.75 Å². The van der Waals surface area contributed by atoms with Crippen LogP contribution in [0.3, 0.4) is 0 Å². The van der Waals surface area contributed by atoms with Crippen molar-refractivity contribution in [2.75, 3.05) is 16.6 Å². The smallest absolute Gasteiger partial charge is 0.262 e. The van der Waals surface area contributed by atoms with Gasteiger partial charge in [-0.05, 0) is 60.0 Å². The molecule has 1 aromatic heterocycles. The highest BCUT2D eigenvalue weighted by Gasteiger charge is 2.14. The lowest BCUT2D eigenvalue weighted by atomic mass is 10.0. The van der Waals surface area contributed by atoms with Gasteiger partial charge in [0.25, 0.3) is 15.9 Å². The second-order valence-electron chi connectivity index (χ2n) is 6.93. The molecule has 0 aliphatic rings. The van der Waals surface area contributed by atoms with Gasteiger partial charge in [0.2, 0.25) is 0 Å². The molecule has 30 heavy (non-hydrogen) atoms. The van der Waals surface area contributed by atoms with Gasteiger partial charge in [0.05, 0.1) is 16.8 Å². The average Bonchev–Trinajstić information content (AvgIpc) is 2.73. The number of benzene rings is 2. The van der Waals surface area contributed by atoms with Crippen LogP contribution in [-0.2, 0) is 14.8 Å². The summed E-state index contributed by atoms with van der Waals surface area (Å²) in [6, 6.07) is 16.7. The number of nitrogens with zero attached hydrogens (tertiary/aromatic N) is 1. The highest BCUT2D eigenvalue weighted by molar-refractivity contribution is 7.92. The molecule has 2 aromatic carbocycles. The minimum atomic E-state index is -3.74. The predicted octanol–water partition coefficient (Wildman–Crippen LogP) is 4.02. The van der Waals surface area contributed by atoms with Crippen LogP contribution in [0.5, 0.6) is 5.75 Å². The molecule has 0 atom stereocenters. The first-order valence-electron chi connectivity index (χ1n) is 9.39. The van der Waals surface area contributed by atoms with Gasteiger partial charge >= 0.3 is 0 Å². The summed E-state index contributed by atoms with van der Waals surface area (Å²) in [4.78, 5) is 16.1. The van der Waals surface area contributed by atoms with Gasteiger partial charge in [-0.15, -0.1) is 0 Å². The Morgan fingerprint density at radius 2 is 1.70 bits per heavy atom. The fourth-order valence-corrected chi connectivity index (χ4v) is 3.69. The fourth-order valence-electron chi connectivity index (χ4n) is 2.65. The lowest BCUT2D eigenvalue weighted by molar-refractivity contribution is -0.118.